The highest BCUT2D eigenvalue weighted by Gasteiger charge is 2.24. The number of amides is 1. The van der Waals surface area contributed by atoms with Gasteiger partial charge in [-0.2, -0.15) is 0 Å². The van der Waals surface area contributed by atoms with Crippen molar-refractivity contribution in [3.63, 3.8) is 0 Å². The lowest BCUT2D eigenvalue weighted by Gasteiger charge is -2.25. The lowest BCUT2D eigenvalue weighted by molar-refractivity contribution is 0.0510. The summed E-state index contributed by atoms with van der Waals surface area (Å²) < 4.78 is 5.67. The number of rotatable bonds is 5. The summed E-state index contributed by atoms with van der Waals surface area (Å²) in [6.07, 6.45) is 7.15. The molecule has 1 amide bonds. The van der Waals surface area contributed by atoms with E-state index in [4.69, 9.17) is 10.5 Å². The minimum atomic E-state index is -0.0542. The summed E-state index contributed by atoms with van der Waals surface area (Å²) in [5, 5.41) is 0.407. The molecule has 0 saturated carbocycles. The van der Waals surface area contributed by atoms with Crippen molar-refractivity contribution in [2.24, 2.45) is 0 Å². The Bertz CT molecular complexity index is 625. The fraction of sp³-hybridized carbons (Fsp3) is 0.400. The van der Waals surface area contributed by atoms with Crippen LogP contribution in [-0.4, -0.2) is 40.0 Å². The molecule has 3 rings (SSSR count). The highest BCUT2D eigenvalue weighted by molar-refractivity contribution is 7.17. The molecule has 0 radical (unpaired) electrons. The van der Waals surface area contributed by atoms with Crippen molar-refractivity contribution >= 4 is 22.4 Å². The predicted octanol–water partition coefficient (Wildman–Crippen LogP) is 1.94. The minimum Gasteiger partial charge on any atom is -0.376 e. The maximum Gasteiger partial charge on any atom is 0.266 e. The van der Waals surface area contributed by atoms with Gasteiger partial charge in [0.25, 0.3) is 5.91 Å². The molecular weight excluding hydrogens is 300 g/mol. The van der Waals surface area contributed by atoms with Crippen molar-refractivity contribution in [1.29, 1.82) is 0 Å². The van der Waals surface area contributed by atoms with Gasteiger partial charge in [-0.25, -0.2) is 4.98 Å². The molecule has 2 N–H and O–H groups in total. The van der Waals surface area contributed by atoms with E-state index in [1.807, 2.05) is 12.1 Å². The van der Waals surface area contributed by atoms with Gasteiger partial charge in [-0.05, 0) is 30.5 Å². The van der Waals surface area contributed by atoms with E-state index in [0.29, 0.717) is 23.1 Å². The molecule has 0 aromatic carbocycles. The van der Waals surface area contributed by atoms with Crippen LogP contribution in [0.2, 0.25) is 0 Å². The van der Waals surface area contributed by atoms with Crippen LogP contribution in [0, 0.1) is 0 Å². The number of ether oxygens (including phenoxy) is 1. The van der Waals surface area contributed by atoms with E-state index < -0.39 is 0 Å². The van der Waals surface area contributed by atoms with E-state index in [0.717, 1.165) is 25.0 Å². The number of carbonyl (C=O) groups is 1. The van der Waals surface area contributed by atoms with Crippen molar-refractivity contribution in [2.75, 3.05) is 18.9 Å². The third kappa shape index (κ3) is 3.61. The smallest absolute Gasteiger partial charge is 0.266 e. The summed E-state index contributed by atoms with van der Waals surface area (Å²) >= 11 is 1.21. The molecule has 1 aliphatic heterocycles. The zero-order chi connectivity index (χ0) is 15.4. The van der Waals surface area contributed by atoms with Crippen molar-refractivity contribution in [1.82, 2.24) is 14.9 Å². The number of nitrogens with two attached hydrogens (primary N) is 1. The first-order chi connectivity index (χ1) is 10.7. The molecule has 1 atom stereocenters. The van der Waals surface area contributed by atoms with Gasteiger partial charge >= 0.3 is 0 Å². The number of hydrogen-bond donors (Lipinski definition) is 1. The fourth-order valence-corrected chi connectivity index (χ4v) is 3.16. The average molecular weight is 318 g/mol. The van der Waals surface area contributed by atoms with Gasteiger partial charge in [-0.3, -0.25) is 9.78 Å². The van der Waals surface area contributed by atoms with Crippen LogP contribution in [0.4, 0.5) is 5.13 Å². The van der Waals surface area contributed by atoms with Crippen LogP contribution in [-0.2, 0) is 11.3 Å². The highest BCUT2D eigenvalue weighted by atomic mass is 32.1. The van der Waals surface area contributed by atoms with E-state index in [1.165, 1.54) is 17.5 Å². The first-order valence-corrected chi connectivity index (χ1v) is 8.05. The van der Waals surface area contributed by atoms with Crippen LogP contribution in [0.5, 0.6) is 0 Å². The van der Waals surface area contributed by atoms with Gasteiger partial charge in [0.15, 0.2) is 5.13 Å². The Hall–Kier alpha value is -1.99. The highest BCUT2D eigenvalue weighted by Crippen LogP contribution is 2.20. The largest absolute Gasteiger partial charge is 0.376 e. The molecule has 116 valence electrons. The predicted molar refractivity (Wildman–Crippen MR) is 84.5 cm³/mol. The van der Waals surface area contributed by atoms with E-state index in [9.17, 15) is 4.79 Å². The number of nitrogens with zero attached hydrogens (tertiary/aromatic N) is 3. The minimum absolute atomic E-state index is 0.0542. The molecule has 7 heteroatoms. The van der Waals surface area contributed by atoms with Gasteiger partial charge in [0.1, 0.15) is 4.88 Å². The first kappa shape index (κ1) is 14.9. The van der Waals surface area contributed by atoms with Crippen LogP contribution in [0.3, 0.4) is 0 Å². The molecule has 1 aliphatic rings. The van der Waals surface area contributed by atoms with Crippen molar-refractivity contribution in [3.8, 4) is 0 Å². The van der Waals surface area contributed by atoms with Crippen LogP contribution < -0.4 is 5.73 Å². The summed E-state index contributed by atoms with van der Waals surface area (Å²) in [6.45, 7) is 1.88. The Balaban J connectivity index is 1.76. The van der Waals surface area contributed by atoms with Crippen LogP contribution >= 0.6 is 11.3 Å². The van der Waals surface area contributed by atoms with Gasteiger partial charge in [-0.1, -0.05) is 11.3 Å². The molecule has 2 aromatic rings. The third-order valence-corrected chi connectivity index (χ3v) is 4.41. The summed E-state index contributed by atoms with van der Waals surface area (Å²) in [6, 6.07) is 3.83. The zero-order valence-electron chi connectivity index (χ0n) is 12.1. The van der Waals surface area contributed by atoms with E-state index in [-0.39, 0.29) is 12.0 Å². The van der Waals surface area contributed by atoms with Crippen molar-refractivity contribution < 1.29 is 9.53 Å². The summed E-state index contributed by atoms with van der Waals surface area (Å²) in [5.41, 5.74) is 6.68. The van der Waals surface area contributed by atoms with Crippen LogP contribution in [0.1, 0.15) is 28.1 Å². The molecule has 22 heavy (non-hydrogen) atoms. The monoisotopic (exact) mass is 318 g/mol. The Labute approximate surface area is 132 Å². The number of hydrogen-bond acceptors (Lipinski definition) is 6. The summed E-state index contributed by atoms with van der Waals surface area (Å²) in [7, 11) is 0. The molecule has 0 aliphatic carbocycles. The van der Waals surface area contributed by atoms with E-state index in [1.54, 1.807) is 17.3 Å². The van der Waals surface area contributed by atoms with E-state index in [2.05, 4.69) is 9.97 Å². The summed E-state index contributed by atoms with van der Waals surface area (Å²) in [5.74, 6) is -0.0542. The molecule has 3 heterocycles. The van der Waals surface area contributed by atoms with Gasteiger partial charge < -0.3 is 15.4 Å². The Morgan fingerprint density at radius 2 is 2.27 bits per heavy atom. The van der Waals surface area contributed by atoms with E-state index >= 15 is 0 Å². The van der Waals surface area contributed by atoms with Gasteiger partial charge in [0, 0.05) is 32.1 Å². The average Bonchev–Trinajstić information content (AvgIpc) is 3.18. The Morgan fingerprint density at radius 3 is 2.91 bits per heavy atom. The van der Waals surface area contributed by atoms with Crippen LogP contribution in [0.15, 0.2) is 30.7 Å². The first-order valence-electron chi connectivity index (χ1n) is 7.23. The van der Waals surface area contributed by atoms with Gasteiger partial charge in [0.05, 0.1) is 12.3 Å². The topological polar surface area (TPSA) is 81.3 Å². The zero-order valence-corrected chi connectivity index (χ0v) is 13.0. The standard InChI is InChI=1S/C15H18N4O2S/c16-15-18-8-13(22-15)14(20)19(10-12-2-1-7-21-12)9-11-3-5-17-6-4-11/h3-6,8,12H,1-2,7,9-10H2,(H2,16,18). The summed E-state index contributed by atoms with van der Waals surface area (Å²) in [4.78, 5) is 23.1. The SMILES string of the molecule is Nc1ncc(C(=O)N(Cc2ccncc2)CC2CCCO2)s1. The normalized spacial score (nSPS) is 17.5. The van der Waals surface area contributed by atoms with Crippen LogP contribution in [0.25, 0.3) is 0 Å². The second kappa shape index (κ2) is 6.85. The lowest BCUT2D eigenvalue weighted by Crippen LogP contribution is -2.36. The Kier molecular flexibility index (Phi) is 4.65. The number of thiazole rings is 1. The molecule has 0 bridgehead atoms. The second-order valence-electron chi connectivity index (χ2n) is 5.24. The van der Waals surface area contributed by atoms with Crippen molar-refractivity contribution in [3.05, 3.63) is 41.2 Å². The number of carbonyl (C=O) groups excluding carboxylic acids is 1. The van der Waals surface area contributed by atoms with Crippen molar-refractivity contribution in [2.45, 2.75) is 25.5 Å². The number of aromatic nitrogens is 2. The quantitative estimate of drug-likeness (QED) is 0.911. The Morgan fingerprint density at radius 1 is 1.45 bits per heavy atom. The third-order valence-electron chi connectivity index (χ3n) is 3.59. The molecule has 6 nitrogen and oxygen atoms in total. The molecular formula is C15H18N4O2S. The maximum absolute atomic E-state index is 12.7. The number of anilines is 1. The number of pyridine rings is 1. The molecule has 2 aromatic heterocycles. The molecule has 1 unspecified atom stereocenters. The number of nitrogen functional groups attached to an aromatic ring is 1. The fourth-order valence-electron chi connectivity index (χ4n) is 2.50. The molecule has 1 saturated heterocycles. The maximum atomic E-state index is 12.7. The van der Waals surface area contributed by atoms with Gasteiger partial charge in [0.2, 0.25) is 0 Å². The molecule has 0 spiro atoms. The molecule has 1 fully saturated rings. The second-order valence-corrected chi connectivity index (χ2v) is 6.30. The van der Waals surface area contributed by atoms with Gasteiger partial charge in [-0.15, -0.1) is 0 Å². The lowest BCUT2D eigenvalue weighted by atomic mass is 10.2.